The highest BCUT2D eigenvalue weighted by Crippen LogP contribution is 2.61. The molecule has 0 radical (unpaired) electrons. The van der Waals surface area contributed by atoms with Gasteiger partial charge in [-0.25, -0.2) is 4.98 Å². The van der Waals surface area contributed by atoms with Gasteiger partial charge in [-0.1, -0.05) is 0 Å². The van der Waals surface area contributed by atoms with E-state index in [4.69, 9.17) is 10.7 Å². The van der Waals surface area contributed by atoms with Crippen molar-refractivity contribution in [3.8, 4) is 0 Å². The molecule has 5 aliphatic rings. The first-order valence-corrected chi connectivity index (χ1v) is 9.29. The molecular weight excluding hydrogens is 264 g/mol. The third-order valence-corrected chi connectivity index (χ3v) is 7.96. The third-order valence-electron chi connectivity index (χ3n) is 6.48. The minimum absolute atomic E-state index is 0.277. The van der Waals surface area contributed by atoms with Gasteiger partial charge in [-0.3, -0.25) is 0 Å². The zero-order valence-electron chi connectivity index (χ0n) is 12.1. The molecule has 4 saturated carbocycles. The predicted molar refractivity (Wildman–Crippen MR) is 81.8 cm³/mol. The smallest absolute Gasteiger partial charge is 0.0993 e. The number of fused-ring (bicyclic) bond motifs is 1. The van der Waals surface area contributed by atoms with Gasteiger partial charge in [-0.15, -0.1) is 11.3 Å². The van der Waals surface area contributed by atoms with E-state index in [2.05, 4.69) is 0 Å². The van der Waals surface area contributed by atoms with Crippen LogP contribution in [0.15, 0.2) is 0 Å². The normalized spacial score (nSPS) is 45.6. The second kappa shape index (κ2) is 4.07. The Balaban J connectivity index is 1.56. The molecule has 1 aromatic rings. The molecule has 5 aliphatic carbocycles. The summed E-state index contributed by atoms with van der Waals surface area (Å²) < 4.78 is 0. The SMILES string of the molecule is NC1CCCc2nc(C34CC5CC(CC(C5)C3)C4)sc21. The van der Waals surface area contributed by atoms with E-state index in [1.54, 1.807) is 0 Å². The number of aromatic nitrogens is 1. The summed E-state index contributed by atoms with van der Waals surface area (Å²) in [4.78, 5) is 6.56. The van der Waals surface area contributed by atoms with E-state index in [1.807, 2.05) is 11.3 Å². The molecule has 0 spiro atoms. The first-order valence-electron chi connectivity index (χ1n) is 8.47. The molecule has 4 fully saturated rings. The molecule has 0 saturated heterocycles. The van der Waals surface area contributed by atoms with E-state index in [0.717, 1.165) is 24.2 Å². The molecule has 0 aliphatic heterocycles. The topological polar surface area (TPSA) is 38.9 Å². The molecular formula is C17H24N2S. The summed E-state index contributed by atoms with van der Waals surface area (Å²) in [5.74, 6) is 3.03. The van der Waals surface area contributed by atoms with E-state index in [0.29, 0.717) is 5.41 Å². The lowest BCUT2D eigenvalue weighted by Crippen LogP contribution is -2.48. The van der Waals surface area contributed by atoms with Crippen LogP contribution in [0.1, 0.15) is 73.0 Å². The van der Waals surface area contributed by atoms with Crippen molar-refractivity contribution in [1.29, 1.82) is 0 Å². The van der Waals surface area contributed by atoms with Crippen molar-refractivity contribution in [2.24, 2.45) is 23.5 Å². The molecule has 1 unspecified atom stereocenters. The van der Waals surface area contributed by atoms with Gasteiger partial charge < -0.3 is 5.73 Å². The van der Waals surface area contributed by atoms with Crippen molar-refractivity contribution >= 4 is 11.3 Å². The van der Waals surface area contributed by atoms with Crippen LogP contribution >= 0.6 is 11.3 Å². The average Bonchev–Trinajstić information content (AvgIpc) is 2.83. The number of nitrogens with zero attached hydrogens (tertiary/aromatic N) is 1. The van der Waals surface area contributed by atoms with Gasteiger partial charge in [0.25, 0.3) is 0 Å². The van der Waals surface area contributed by atoms with Gasteiger partial charge in [0.05, 0.1) is 10.7 Å². The minimum atomic E-state index is 0.277. The number of aryl methyl sites for hydroxylation is 1. The Labute approximate surface area is 125 Å². The molecule has 2 N–H and O–H groups in total. The molecule has 2 nitrogen and oxygen atoms in total. The van der Waals surface area contributed by atoms with E-state index in [1.165, 1.54) is 66.9 Å². The van der Waals surface area contributed by atoms with Crippen LogP contribution in [0.25, 0.3) is 0 Å². The maximum Gasteiger partial charge on any atom is 0.0993 e. The summed E-state index contributed by atoms with van der Waals surface area (Å²) in [6, 6.07) is 0.277. The van der Waals surface area contributed by atoms with Crippen LogP contribution < -0.4 is 5.73 Å². The molecule has 1 atom stereocenters. The van der Waals surface area contributed by atoms with E-state index in [9.17, 15) is 0 Å². The summed E-state index contributed by atoms with van der Waals surface area (Å²) in [6.45, 7) is 0. The highest BCUT2D eigenvalue weighted by Gasteiger charge is 2.53. The Kier molecular flexibility index (Phi) is 2.48. The fourth-order valence-electron chi connectivity index (χ4n) is 6.05. The fourth-order valence-corrected chi connectivity index (χ4v) is 7.42. The molecule has 4 bridgehead atoms. The van der Waals surface area contributed by atoms with E-state index >= 15 is 0 Å². The van der Waals surface area contributed by atoms with Crippen LogP contribution in [0.5, 0.6) is 0 Å². The van der Waals surface area contributed by atoms with Crippen LogP contribution in [0.2, 0.25) is 0 Å². The highest BCUT2D eigenvalue weighted by molar-refractivity contribution is 7.12. The van der Waals surface area contributed by atoms with Gasteiger partial charge in [-0.2, -0.15) is 0 Å². The molecule has 6 rings (SSSR count). The first kappa shape index (κ1) is 12.2. The second-order valence-electron chi connectivity index (χ2n) is 8.03. The lowest BCUT2D eigenvalue weighted by Gasteiger charge is -2.56. The fraction of sp³-hybridized carbons (Fsp3) is 0.824. The molecule has 1 aromatic heterocycles. The zero-order chi connectivity index (χ0) is 13.3. The van der Waals surface area contributed by atoms with Crippen molar-refractivity contribution in [2.45, 2.75) is 69.2 Å². The van der Waals surface area contributed by atoms with Gasteiger partial charge in [0, 0.05) is 16.3 Å². The predicted octanol–water partition coefficient (Wildman–Crippen LogP) is 3.95. The molecule has 1 heterocycles. The van der Waals surface area contributed by atoms with Crippen molar-refractivity contribution < 1.29 is 0 Å². The third kappa shape index (κ3) is 1.62. The lowest BCUT2D eigenvalue weighted by molar-refractivity contribution is -0.00533. The minimum Gasteiger partial charge on any atom is -0.323 e. The monoisotopic (exact) mass is 288 g/mol. The van der Waals surface area contributed by atoms with Crippen LogP contribution in [-0.4, -0.2) is 4.98 Å². The highest BCUT2D eigenvalue weighted by atomic mass is 32.1. The number of nitrogens with two attached hydrogens (primary N) is 1. The Bertz CT molecular complexity index is 512. The molecule has 20 heavy (non-hydrogen) atoms. The van der Waals surface area contributed by atoms with Crippen LogP contribution in [0, 0.1) is 17.8 Å². The Morgan fingerprint density at radius 1 is 1.05 bits per heavy atom. The number of hydrogen-bond donors (Lipinski definition) is 1. The van der Waals surface area contributed by atoms with Crippen molar-refractivity contribution in [2.75, 3.05) is 0 Å². The van der Waals surface area contributed by atoms with Crippen molar-refractivity contribution in [3.05, 3.63) is 15.6 Å². The standard InChI is InChI=1S/C17H24N2S/c18-13-2-1-3-14-15(13)20-16(19-14)17-7-10-4-11(8-17)6-12(5-10)9-17/h10-13H,1-9,18H2. The number of hydrogen-bond acceptors (Lipinski definition) is 3. The van der Waals surface area contributed by atoms with Crippen molar-refractivity contribution in [3.63, 3.8) is 0 Å². The van der Waals surface area contributed by atoms with Gasteiger partial charge in [-0.05, 0) is 75.5 Å². The van der Waals surface area contributed by atoms with E-state index < -0.39 is 0 Å². The Morgan fingerprint density at radius 3 is 2.30 bits per heavy atom. The molecule has 108 valence electrons. The molecule has 0 aromatic carbocycles. The van der Waals surface area contributed by atoms with Crippen LogP contribution in [0.4, 0.5) is 0 Å². The zero-order valence-corrected chi connectivity index (χ0v) is 12.9. The van der Waals surface area contributed by atoms with Gasteiger partial charge in [0.2, 0.25) is 0 Å². The quantitative estimate of drug-likeness (QED) is 0.850. The Morgan fingerprint density at radius 2 is 1.70 bits per heavy atom. The average molecular weight is 288 g/mol. The summed E-state index contributed by atoms with van der Waals surface area (Å²) >= 11 is 2.00. The van der Waals surface area contributed by atoms with Crippen LogP contribution in [0.3, 0.4) is 0 Å². The van der Waals surface area contributed by atoms with Gasteiger partial charge in [0.1, 0.15) is 0 Å². The first-order chi connectivity index (χ1) is 9.72. The lowest BCUT2D eigenvalue weighted by atomic mass is 9.50. The van der Waals surface area contributed by atoms with E-state index in [-0.39, 0.29) is 6.04 Å². The van der Waals surface area contributed by atoms with Gasteiger partial charge in [0.15, 0.2) is 0 Å². The summed E-state index contributed by atoms with van der Waals surface area (Å²) in [5, 5.41) is 1.49. The summed E-state index contributed by atoms with van der Waals surface area (Å²) in [5.41, 5.74) is 8.15. The molecule has 0 amide bonds. The summed E-state index contributed by atoms with van der Waals surface area (Å²) in [7, 11) is 0. The van der Waals surface area contributed by atoms with Gasteiger partial charge >= 0.3 is 0 Å². The summed E-state index contributed by atoms with van der Waals surface area (Å²) in [6.07, 6.45) is 12.4. The van der Waals surface area contributed by atoms with Crippen LogP contribution in [-0.2, 0) is 11.8 Å². The number of rotatable bonds is 1. The largest absolute Gasteiger partial charge is 0.323 e. The number of thiazole rings is 1. The van der Waals surface area contributed by atoms with Crippen molar-refractivity contribution in [1.82, 2.24) is 4.98 Å². The maximum absolute atomic E-state index is 6.32. The maximum atomic E-state index is 6.32. The molecule has 3 heteroatoms. The second-order valence-corrected chi connectivity index (χ2v) is 9.06. The Hall–Kier alpha value is -0.410.